The summed E-state index contributed by atoms with van der Waals surface area (Å²) in [7, 11) is 0. The minimum atomic E-state index is -1.02. The van der Waals surface area contributed by atoms with E-state index in [1.165, 1.54) is 0 Å². The molecule has 1 rings (SSSR count). The van der Waals surface area contributed by atoms with Gasteiger partial charge in [0.2, 0.25) is 0 Å². The van der Waals surface area contributed by atoms with Gasteiger partial charge in [0.1, 0.15) is 5.54 Å². The monoisotopic (exact) mass is 198 g/mol. The number of carbonyl (C=O) groups is 2. The Morgan fingerprint density at radius 3 is 2.50 bits per heavy atom. The average Bonchev–Trinajstić information content (AvgIpc) is 2.85. The number of urea groups is 1. The van der Waals surface area contributed by atoms with Crippen LogP contribution in [0.3, 0.4) is 0 Å². The van der Waals surface area contributed by atoms with Crippen molar-refractivity contribution >= 4 is 12.0 Å². The van der Waals surface area contributed by atoms with E-state index in [0.717, 1.165) is 0 Å². The summed E-state index contributed by atoms with van der Waals surface area (Å²) in [5, 5.41) is 13.8. The van der Waals surface area contributed by atoms with Crippen molar-refractivity contribution in [3.63, 3.8) is 0 Å². The van der Waals surface area contributed by atoms with Crippen LogP contribution in [0.25, 0.3) is 0 Å². The zero-order valence-corrected chi connectivity index (χ0v) is 8.04. The molecule has 0 aromatic heterocycles. The number of hydrogen-bond donors (Lipinski definition) is 3. The molecular formula is C9H14N2O3. The number of nitrogens with one attached hydrogen (secondary N) is 2. The summed E-state index contributed by atoms with van der Waals surface area (Å²) in [5.74, 6) is -0.973. The fourth-order valence-corrected chi connectivity index (χ4v) is 1.04. The molecule has 0 heterocycles. The van der Waals surface area contributed by atoms with E-state index in [1.54, 1.807) is 13.0 Å². The average molecular weight is 198 g/mol. The van der Waals surface area contributed by atoms with Gasteiger partial charge in [-0.3, -0.25) is 0 Å². The molecule has 1 atom stereocenters. The first-order valence-corrected chi connectivity index (χ1v) is 4.45. The molecule has 0 aromatic rings. The van der Waals surface area contributed by atoms with Crippen molar-refractivity contribution in [2.24, 2.45) is 0 Å². The van der Waals surface area contributed by atoms with Gasteiger partial charge in [-0.25, -0.2) is 9.59 Å². The van der Waals surface area contributed by atoms with E-state index in [9.17, 15) is 9.59 Å². The molecular weight excluding hydrogens is 184 g/mol. The lowest BCUT2D eigenvalue weighted by Crippen LogP contribution is -2.49. The highest BCUT2D eigenvalue weighted by Gasteiger charge is 2.51. The first-order valence-electron chi connectivity index (χ1n) is 4.45. The van der Waals surface area contributed by atoms with Gasteiger partial charge in [0.25, 0.3) is 0 Å². The highest BCUT2D eigenvalue weighted by molar-refractivity contribution is 5.89. The summed E-state index contributed by atoms with van der Waals surface area (Å²) < 4.78 is 0. The summed E-state index contributed by atoms with van der Waals surface area (Å²) in [4.78, 5) is 22.0. The Kier molecular flexibility index (Phi) is 2.78. The molecule has 0 aromatic carbocycles. The van der Waals surface area contributed by atoms with Gasteiger partial charge in [0.05, 0.1) is 0 Å². The van der Waals surface area contributed by atoms with Gasteiger partial charge >= 0.3 is 12.0 Å². The lowest BCUT2D eigenvalue weighted by molar-refractivity contribution is -0.140. The van der Waals surface area contributed by atoms with Crippen LogP contribution in [0, 0.1) is 0 Å². The van der Waals surface area contributed by atoms with Crippen molar-refractivity contribution < 1.29 is 14.7 Å². The molecule has 3 N–H and O–H groups in total. The highest BCUT2D eigenvalue weighted by Crippen LogP contribution is 2.35. The third-order valence-corrected chi connectivity index (χ3v) is 2.22. The summed E-state index contributed by atoms with van der Waals surface area (Å²) in [5.41, 5.74) is -1.02. The lowest BCUT2D eigenvalue weighted by atomic mass is 10.3. The predicted molar refractivity (Wildman–Crippen MR) is 50.9 cm³/mol. The van der Waals surface area contributed by atoms with Crippen LogP contribution in [0.5, 0.6) is 0 Å². The molecule has 0 radical (unpaired) electrons. The van der Waals surface area contributed by atoms with Gasteiger partial charge in [-0.2, -0.15) is 0 Å². The van der Waals surface area contributed by atoms with Crippen LogP contribution in [0.2, 0.25) is 0 Å². The summed E-state index contributed by atoms with van der Waals surface area (Å²) in [6.45, 7) is 5.26. The van der Waals surface area contributed by atoms with E-state index in [-0.39, 0.29) is 6.04 Å². The van der Waals surface area contributed by atoms with Crippen molar-refractivity contribution in [3.05, 3.63) is 12.7 Å². The molecule has 5 heteroatoms. The Balaban J connectivity index is 2.41. The second-order valence-corrected chi connectivity index (χ2v) is 3.51. The van der Waals surface area contributed by atoms with E-state index >= 15 is 0 Å². The van der Waals surface area contributed by atoms with Crippen LogP contribution in [0.1, 0.15) is 19.8 Å². The van der Waals surface area contributed by atoms with Gasteiger partial charge in [-0.1, -0.05) is 6.08 Å². The number of rotatable bonds is 4. The van der Waals surface area contributed by atoms with Crippen molar-refractivity contribution in [2.75, 3.05) is 0 Å². The van der Waals surface area contributed by atoms with Crippen molar-refractivity contribution in [2.45, 2.75) is 31.3 Å². The van der Waals surface area contributed by atoms with Crippen LogP contribution in [0.15, 0.2) is 12.7 Å². The van der Waals surface area contributed by atoms with Crippen molar-refractivity contribution in [1.29, 1.82) is 0 Å². The highest BCUT2D eigenvalue weighted by atomic mass is 16.4. The smallest absolute Gasteiger partial charge is 0.329 e. The zero-order valence-electron chi connectivity index (χ0n) is 8.04. The van der Waals surface area contributed by atoms with Crippen molar-refractivity contribution in [1.82, 2.24) is 10.6 Å². The minimum Gasteiger partial charge on any atom is -0.480 e. The van der Waals surface area contributed by atoms with Gasteiger partial charge < -0.3 is 15.7 Å². The number of hydrogen-bond acceptors (Lipinski definition) is 2. The molecule has 1 unspecified atom stereocenters. The maximum atomic E-state index is 11.2. The zero-order chi connectivity index (χ0) is 10.8. The summed E-state index contributed by atoms with van der Waals surface area (Å²) >= 11 is 0. The second-order valence-electron chi connectivity index (χ2n) is 3.51. The van der Waals surface area contributed by atoms with Gasteiger partial charge in [0, 0.05) is 6.04 Å². The predicted octanol–water partition coefficient (Wildman–Crippen LogP) is 0.477. The molecule has 0 spiro atoms. The molecule has 2 amide bonds. The van der Waals surface area contributed by atoms with Gasteiger partial charge in [-0.15, -0.1) is 6.58 Å². The molecule has 1 fully saturated rings. The molecule has 78 valence electrons. The Hall–Kier alpha value is -1.52. The van der Waals surface area contributed by atoms with E-state index in [2.05, 4.69) is 17.2 Å². The molecule has 14 heavy (non-hydrogen) atoms. The van der Waals surface area contributed by atoms with E-state index in [0.29, 0.717) is 12.8 Å². The SMILES string of the molecule is C=CC(C)NC(=O)NC1(C(=O)O)CC1. The molecule has 5 nitrogen and oxygen atoms in total. The fourth-order valence-electron chi connectivity index (χ4n) is 1.04. The quantitative estimate of drug-likeness (QED) is 0.575. The topological polar surface area (TPSA) is 78.4 Å². The van der Waals surface area contributed by atoms with Crippen LogP contribution in [0.4, 0.5) is 4.79 Å². The van der Waals surface area contributed by atoms with Crippen LogP contribution in [-0.2, 0) is 4.79 Å². The van der Waals surface area contributed by atoms with Crippen molar-refractivity contribution in [3.8, 4) is 0 Å². The van der Waals surface area contributed by atoms with Gasteiger partial charge in [-0.05, 0) is 19.8 Å². The normalized spacial score (nSPS) is 19.2. The van der Waals surface area contributed by atoms with Gasteiger partial charge in [0.15, 0.2) is 0 Å². The van der Waals surface area contributed by atoms with Crippen LogP contribution >= 0.6 is 0 Å². The Morgan fingerprint density at radius 1 is 1.57 bits per heavy atom. The lowest BCUT2D eigenvalue weighted by Gasteiger charge is -2.15. The number of amides is 2. The molecule has 0 bridgehead atoms. The molecule has 1 saturated carbocycles. The molecule has 0 aliphatic heterocycles. The first-order chi connectivity index (χ1) is 6.50. The third kappa shape index (κ3) is 2.25. The number of aliphatic carboxylic acids is 1. The number of carboxylic acids is 1. The first kappa shape index (κ1) is 10.6. The number of carboxylic acid groups (broad SMARTS) is 1. The Labute approximate surface area is 82.2 Å². The number of carbonyl (C=O) groups excluding carboxylic acids is 1. The Bertz CT molecular complexity index is 271. The van der Waals surface area contributed by atoms with Crippen LogP contribution in [-0.4, -0.2) is 28.7 Å². The third-order valence-electron chi connectivity index (χ3n) is 2.22. The second kappa shape index (κ2) is 3.69. The van der Waals surface area contributed by atoms with E-state index in [1.807, 2.05) is 0 Å². The molecule has 1 aliphatic rings. The maximum Gasteiger partial charge on any atom is 0.329 e. The Morgan fingerprint density at radius 2 is 2.14 bits per heavy atom. The molecule has 1 aliphatic carbocycles. The van der Waals surface area contributed by atoms with E-state index < -0.39 is 17.5 Å². The summed E-state index contributed by atoms with van der Waals surface area (Å²) in [6.07, 6.45) is 2.57. The van der Waals surface area contributed by atoms with Crippen LogP contribution < -0.4 is 10.6 Å². The largest absolute Gasteiger partial charge is 0.480 e. The minimum absolute atomic E-state index is 0.167. The molecule has 0 saturated heterocycles. The maximum absolute atomic E-state index is 11.2. The standard InChI is InChI=1S/C9H14N2O3/c1-3-6(2)10-8(14)11-9(4-5-9)7(12)13/h3,6H,1,4-5H2,2H3,(H,12,13)(H2,10,11,14). The summed E-state index contributed by atoms with van der Waals surface area (Å²) in [6, 6.07) is -0.628. The van der Waals surface area contributed by atoms with E-state index in [4.69, 9.17) is 5.11 Å². The fraction of sp³-hybridized carbons (Fsp3) is 0.556.